The molecule has 160 valence electrons. The molecule has 0 aromatic heterocycles. The third-order valence-corrected chi connectivity index (χ3v) is 7.07. The Labute approximate surface area is 185 Å². The fraction of sp³-hybridized carbons (Fsp3) is 0.364. The molecule has 0 spiro atoms. The lowest BCUT2D eigenvalue weighted by Crippen LogP contribution is -2.43. The Hall–Kier alpha value is -2.19. The number of amides is 2. The van der Waals surface area contributed by atoms with Gasteiger partial charge in [0.1, 0.15) is 0 Å². The van der Waals surface area contributed by atoms with E-state index in [1.807, 2.05) is 19.1 Å². The van der Waals surface area contributed by atoms with Crippen LogP contribution in [0.2, 0.25) is 0 Å². The topological polar surface area (TPSA) is 83.6 Å². The highest BCUT2D eigenvalue weighted by molar-refractivity contribution is 9.10. The smallest absolute Gasteiger partial charge is 0.253 e. The molecule has 1 N–H and O–H groups in total. The number of benzene rings is 2. The van der Waals surface area contributed by atoms with E-state index in [-0.39, 0.29) is 28.7 Å². The van der Waals surface area contributed by atoms with E-state index in [9.17, 15) is 18.0 Å². The van der Waals surface area contributed by atoms with E-state index in [4.69, 9.17) is 0 Å². The van der Waals surface area contributed by atoms with Gasteiger partial charge in [0.15, 0.2) is 9.84 Å². The van der Waals surface area contributed by atoms with Gasteiger partial charge < -0.3 is 10.2 Å². The van der Waals surface area contributed by atoms with Crippen LogP contribution in [0.3, 0.4) is 0 Å². The summed E-state index contributed by atoms with van der Waals surface area (Å²) >= 11 is 3.37. The molecule has 2 aromatic rings. The third-order valence-electron chi connectivity index (χ3n) is 5.41. The number of rotatable bonds is 5. The van der Waals surface area contributed by atoms with E-state index in [0.717, 1.165) is 10.0 Å². The lowest BCUT2D eigenvalue weighted by Gasteiger charge is -2.32. The van der Waals surface area contributed by atoms with Crippen molar-refractivity contribution < 1.29 is 18.0 Å². The van der Waals surface area contributed by atoms with E-state index >= 15 is 0 Å². The van der Waals surface area contributed by atoms with E-state index < -0.39 is 9.84 Å². The van der Waals surface area contributed by atoms with Crippen molar-refractivity contribution in [3.05, 3.63) is 64.1 Å². The van der Waals surface area contributed by atoms with Crippen molar-refractivity contribution >= 4 is 37.6 Å². The van der Waals surface area contributed by atoms with E-state index in [0.29, 0.717) is 31.5 Å². The quantitative estimate of drug-likeness (QED) is 0.691. The first-order valence-corrected chi connectivity index (χ1v) is 12.5. The number of halogens is 1. The van der Waals surface area contributed by atoms with Gasteiger partial charge >= 0.3 is 0 Å². The van der Waals surface area contributed by atoms with Gasteiger partial charge in [-0.3, -0.25) is 9.59 Å². The standard InChI is InChI=1S/C22H25BrN2O4S/c1-15(16-5-9-20(10-6-16)30(2,28)29)24-21(26)17-11-13-25(14-12-17)22(27)18-3-7-19(23)8-4-18/h3-10,15,17H,11-14H2,1-2H3,(H,24,26). The number of carbonyl (C=O) groups is 2. The number of sulfone groups is 1. The second-order valence-electron chi connectivity index (χ2n) is 7.64. The van der Waals surface area contributed by atoms with Crippen molar-refractivity contribution in [1.82, 2.24) is 10.2 Å². The van der Waals surface area contributed by atoms with Crippen LogP contribution in [0.25, 0.3) is 0 Å². The molecule has 1 heterocycles. The Morgan fingerprint density at radius 3 is 2.13 bits per heavy atom. The van der Waals surface area contributed by atoms with E-state index in [2.05, 4.69) is 21.2 Å². The minimum Gasteiger partial charge on any atom is -0.349 e. The predicted octanol–water partition coefficient (Wildman–Crippen LogP) is 3.58. The molecule has 0 radical (unpaired) electrons. The van der Waals surface area contributed by atoms with Crippen LogP contribution in [0, 0.1) is 5.92 Å². The first-order valence-electron chi connectivity index (χ1n) is 9.80. The zero-order valence-corrected chi connectivity index (χ0v) is 19.4. The van der Waals surface area contributed by atoms with Crippen LogP contribution in [-0.2, 0) is 14.6 Å². The van der Waals surface area contributed by atoms with Crippen LogP contribution >= 0.6 is 15.9 Å². The lowest BCUT2D eigenvalue weighted by atomic mass is 9.94. The summed E-state index contributed by atoms with van der Waals surface area (Å²) in [6.45, 7) is 2.97. The first kappa shape index (κ1) is 22.5. The fourth-order valence-electron chi connectivity index (χ4n) is 3.54. The van der Waals surface area contributed by atoms with Crippen molar-refractivity contribution in [3.63, 3.8) is 0 Å². The monoisotopic (exact) mass is 492 g/mol. The van der Waals surface area contributed by atoms with Gasteiger partial charge in [0.05, 0.1) is 10.9 Å². The molecule has 2 amide bonds. The zero-order chi connectivity index (χ0) is 21.9. The van der Waals surface area contributed by atoms with Crippen molar-refractivity contribution in [3.8, 4) is 0 Å². The van der Waals surface area contributed by atoms with Crippen LogP contribution in [-0.4, -0.2) is 44.5 Å². The lowest BCUT2D eigenvalue weighted by molar-refractivity contribution is -0.127. The number of nitrogens with zero attached hydrogens (tertiary/aromatic N) is 1. The summed E-state index contributed by atoms with van der Waals surface area (Å²) < 4.78 is 24.1. The molecule has 0 saturated carbocycles. The molecule has 0 bridgehead atoms. The van der Waals surface area contributed by atoms with Gasteiger partial charge in [0, 0.05) is 35.3 Å². The number of piperidine rings is 1. The van der Waals surface area contributed by atoms with Crippen LogP contribution in [0.5, 0.6) is 0 Å². The Balaban J connectivity index is 1.53. The van der Waals surface area contributed by atoms with Crippen molar-refractivity contribution in [2.24, 2.45) is 5.92 Å². The largest absolute Gasteiger partial charge is 0.349 e. The molecular formula is C22H25BrN2O4S. The van der Waals surface area contributed by atoms with Gasteiger partial charge in [-0.25, -0.2) is 8.42 Å². The SMILES string of the molecule is CC(NC(=O)C1CCN(C(=O)c2ccc(Br)cc2)CC1)c1ccc(S(C)(=O)=O)cc1. The number of nitrogens with one attached hydrogen (secondary N) is 1. The summed E-state index contributed by atoms with van der Waals surface area (Å²) in [4.78, 5) is 27.3. The fourth-order valence-corrected chi connectivity index (χ4v) is 4.43. The highest BCUT2D eigenvalue weighted by Gasteiger charge is 2.28. The Morgan fingerprint density at radius 2 is 1.60 bits per heavy atom. The molecule has 1 fully saturated rings. The normalized spacial score (nSPS) is 16.2. The molecule has 1 atom stereocenters. The minimum absolute atomic E-state index is 0.0132. The number of carbonyl (C=O) groups excluding carboxylic acids is 2. The molecule has 2 aromatic carbocycles. The van der Waals surface area contributed by atoms with Crippen LogP contribution in [0.1, 0.15) is 41.7 Å². The summed E-state index contributed by atoms with van der Waals surface area (Å²) in [6.07, 6.45) is 2.41. The molecule has 0 aliphatic carbocycles. The average Bonchev–Trinajstić information content (AvgIpc) is 2.73. The van der Waals surface area contributed by atoms with Crippen molar-refractivity contribution in [2.45, 2.75) is 30.7 Å². The van der Waals surface area contributed by atoms with Crippen LogP contribution < -0.4 is 5.32 Å². The first-order chi connectivity index (χ1) is 14.1. The molecule has 1 saturated heterocycles. The summed E-state index contributed by atoms with van der Waals surface area (Å²) in [7, 11) is -3.24. The predicted molar refractivity (Wildman–Crippen MR) is 119 cm³/mol. The summed E-state index contributed by atoms with van der Waals surface area (Å²) in [6, 6.07) is 13.6. The van der Waals surface area contributed by atoms with E-state index in [1.165, 1.54) is 6.26 Å². The highest BCUT2D eigenvalue weighted by atomic mass is 79.9. The maximum absolute atomic E-state index is 12.7. The number of hydrogen-bond donors (Lipinski definition) is 1. The summed E-state index contributed by atoms with van der Waals surface area (Å²) in [5.74, 6) is -0.192. The molecule has 1 aliphatic heterocycles. The highest BCUT2D eigenvalue weighted by Crippen LogP contribution is 2.22. The number of likely N-dealkylation sites (tertiary alicyclic amines) is 1. The van der Waals surface area contributed by atoms with Gasteiger partial charge in [-0.1, -0.05) is 28.1 Å². The van der Waals surface area contributed by atoms with E-state index in [1.54, 1.807) is 41.3 Å². The van der Waals surface area contributed by atoms with Gasteiger partial charge in [0.25, 0.3) is 5.91 Å². The molecular weight excluding hydrogens is 468 g/mol. The molecule has 3 rings (SSSR count). The molecule has 6 nitrogen and oxygen atoms in total. The summed E-state index contributed by atoms with van der Waals surface area (Å²) in [5, 5.41) is 3.01. The Bertz CT molecular complexity index is 1010. The molecule has 1 unspecified atom stereocenters. The maximum Gasteiger partial charge on any atom is 0.253 e. The maximum atomic E-state index is 12.7. The van der Waals surface area contributed by atoms with Gasteiger partial charge in [-0.2, -0.15) is 0 Å². The molecule has 8 heteroatoms. The zero-order valence-electron chi connectivity index (χ0n) is 17.0. The average molecular weight is 493 g/mol. The van der Waals surface area contributed by atoms with Gasteiger partial charge in [-0.15, -0.1) is 0 Å². The Kier molecular flexibility index (Phi) is 6.98. The molecule has 30 heavy (non-hydrogen) atoms. The van der Waals surface area contributed by atoms with Gasteiger partial charge in [-0.05, 0) is 61.7 Å². The van der Waals surface area contributed by atoms with Crippen LogP contribution in [0.15, 0.2) is 57.9 Å². The van der Waals surface area contributed by atoms with Gasteiger partial charge in [0.2, 0.25) is 5.91 Å². The van der Waals surface area contributed by atoms with Crippen molar-refractivity contribution in [2.75, 3.05) is 19.3 Å². The van der Waals surface area contributed by atoms with Crippen LogP contribution in [0.4, 0.5) is 0 Å². The minimum atomic E-state index is -3.24. The number of hydrogen-bond acceptors (Lipinski definition) is 4. The molecule has 1 aliphatic rings. The second-order valence-corrected chi connectivity index (χ2v) is 10.6. The second kappa shape index (κ2) is 9.31. The Morgan fingerprint density at radius 1 is 1.03 bits per heavy atom. The van der Waals surface area contributed by atoms with Crippen molar-refractivity contribution in [1.29, 1.82) is 0 Å². The summed E-state index contributed by atoms with van der Waals surface area (Å²) in [5.41, 5.74) is 1.49. The third kappa shape index (κ3) is 5.49.